The molecule has 2 amide bonds. The Morgan fingerprint density at radius 3 is 1.46 bits per heavy atom. The quantitative estimate of drug-likeness (QED) is 0.0529. The van der Waals surface area contributed by atoms with Crippen LogP contribution < -0.4 is 20.1 Å². The number of aromatic nitrogens is 2. The van der Waals surface area contributed by atoms with Crippen LogP contribution in [0.15, 0.2) is 73.1 Å². The van der Waals surface area contributed by atoms with E-state index in [0.29, 0.717) is 83.0 Å². The van der Waals surface area contributed by atoms with E-state index in [0.717, 1.165) is 68.9 Å². The number of carboxylic acid groups (broad SMARTS) is 1. The number of nitrogens with zero attached hydrogens (tertiary/aromatic N) is 2. The lowest BCUT2D eigenvalue weighted by Crippen LogP contribution is -2.45. The van der Waals surface area contributed by atoms with E-state index in [4.69, 9.17) is 42.9 Å². The zero-order valence-electron chi connectivity index (χ0n) is 34.2. The molecule has 0 saturated heterocycles. The number of nitrogens with one attached hydrogen (secondary N) is 2. The summed E-state index contributed by atoms with van der Waals surface area (Å²) in [6.07, 6.45) is 12.4. The number of pyridine rings is 2. The molecule has 61 heavy (non-hydrogen) atoms. The number of aliphatic hydroxyl groups is 3. The second kappa shape index (κ2) is 24.6. The standard InChI is InChI=1S/C23H27ClN2O5.C23H29ClN2O4/c24-17-10-8-15(9-11-17)18-13-16(22(30)26-19-5-1-2-6-20(19)27)14-25-23(18)31-12-4-3-7-21(28)29;24-18-10-8-16(9-11-18)19-14-17(15-25-23(19)30-13-5-1-4-12-27)22(29)26-20-6-2-3-7-21(20)28/h8-11,13-14,19-20,27H,1-7,12H2,(H,26,30)(H,28,29);8-11,14-15,20-21,27-28H,1-7,12-13H2,(H,26,29)/t19-,20-;20-,21-/m11/s1. The minimum absolute atomic E-state index is 0.0902. The molecule has 0 aliphatic heterocycles. The molecular formula is C46H56Cl2N4O9. The first-order valence-electron chi connectivity index (χ1n) is 21.1. The van der Waals surface area contributed by atoms with E-state index in [2.05, 4.69) is 20.6 Å². The molecule has 2 aromatic carbocycles. The third-order valence-corrected chi connectivity index (χ3v) is 11.2. The first-order valence-corrected chi connectivity index (χ1v) is 21.9. The number of carbonyl (C=O) groups is 3. The molecule has 4 atom stereocenters. The van der Waals surface area contributed by atoms with Gasteiger partial charge in [0.05, 0.1) is 48.6 Å². The number of ether oxygens (including phenoxy) is 2. The Kier molecular flexibility index (Phi) is 19.1. The number of hydrogen-bond donors (Lipinski definition) is 6. The Labute approximate surface area is 366 Å². The van der Waals surface area contributed by atoms with Crippen molar-refractivity contribution in [1.82, 2.24) is 20.6 Å². The molecular weight excluding hydrogens is 823 g/mol. The van der Waals surface area contributed by atoms with Gasteiger partial charge in [-0.25, -0.2) is 9.97 Å². The highest BCUT2D eigenvalue weighted by Gasteiger charge is 2.27. The third kappa shape index (κ3) is 15.0. The predicted octanol–water partition coefficient (Wildman–Crippen LogP) is 8.05. The summed E-state index contributed by atoms with van der Waals surface area (Å²) < 4.78 is 11.7. The molecule has 2 fully saturated rings. The van der Waals surface area contributed by atoms with Gasteiger partial charge in [0.15, 0.2) is 0 Å². The minimum atomic E-state index is -0.835. The van der Waals surface area contributed by atoms with E-state index in [1.54, 1.807) is 36.4 Å². The molecule has 0 spiro atoms. The Hall–Kier alpha value is -4.79. The lowest BCUT2D eigenvalue weighted by Gasteiger charge is -2.28. The summed E-state index contributed by atoms with van der Waals surface area (Å²) in [4.78, 5) is 45.0. The van der Waals surface area contributed by atoms with Crippen molar-refractivity contribution in [3.05, 3.63) is 94.2 Å². The molecule has 13 nitrogen and oxygen atoms in total. The van der Waals surface area contributed by atoms with Gasteiger partial charge in [-0.3, -0.25) is 14.4 Å². The summed E-state index contributed by atoms with van der Waals surface area (Å²) >= 11 is 12.0. The maximum atomic E-state index is 12.8. The summed E-state index contributed by atoms with van der Waals surface area (Å²) in [6, 6.07) is 17.4. The lowest BCUT2D eigenvalue weighted by molar-refractivity contribution is -0.137. The van der Waals surface area contributed by atoms with Crippen molar-refractivity contribution in [1.29, 1.82) is 0 Å². The van der Waals surface area contributed by atoms with Crippen molar-refractivity contribution in [2.45, 2.75) is 114 Å². The zero-order valence-corrected chi connectivity index (χ0v) is 35.8. The number of aliphatic hydroxyl groups excluding tert-OH is 3. The Bertz CT molecular complexity index is 2020. The van der Waals surface area contributed by atoms with E-state index >= 15 is 0 Å². The van der Waals surface area contributed by atoms with Crippen LogP contribution in [-0.2, 0) is 4.79 Å². The molecule has 328 valence electrons. The molecule has 0 bridgehead atoms. The van der Waals surface area contributed by atoms with Crippen LogP contribution in [0.4, 0.5) is 0 Å². The second-order valence-electron chi connectivity index (χ2n) is 15.4. The number of halogens is 2. The summed E-state index contributed by atoms with van der Waals surface area (Å²) in [6.45, 7) is 0.974. The van der Waals surface area contributed by atoms with Gasteiger partial charge in [0, 0.05) is 46.6 Å². The van der Waals surface area contributed by atoms with Gasteiger partial charge in [-0.05, 0) is 105 Å². The van der Waals surface area contributed by atoms with E-state index in [9.17, 15) is 24.6 Å². The number of amides is 2. The molecule has 0 unspecified atom stereocenters. The topological polar surface area (TPSA) is 200 Å². The molecule has 15 heteroatoms. The van der Waals surface area contributed by atoms with Gasteiger partial charge in [0.1, 0.15) is 0 Å². The highest BCUT2D eigenvalue weighted by atomic mass is 35.5. The van der Waals surface area contributed by atoms with Crippen molar-refractivity contribution in [2.24, 2.45) is 0 Å². The normalized spacial score (nSPS) is 18.6. The Morgan fingerprint density at radius 2 is 1.05 bits per heavy atom. The summed E-state index contributed by atoms with van der Waals surface area (Å²) in [5, 5.41) is 45.0. The second-order valence-corrected chi connectivity index (χ2v) is 16.2. The van der Waals surface area contributed by atoms with Crippen LogP contribution in [0.2, 0.25) is 10.0 Å². The highest BCUT2D eigenvalue weighted by molar-refractivity contribution is 6.31. The number of carboxylic acids is 1. The number of hydrogen-bond acceptors (Lipinski definition) is 10. The maximum absolute atomic E-state index is 12.8. The van der Waals surface area contributed by atoms with Crippen molar-refractivity contribution >= 4 is 41.0 Å². The van der Waals surface area contributed by atoms with Crippen LogP contribution in [0.5, 0.6) is 11.8 Å². The average molecular weight is 880 g/mol. The van der Waals surface area contributed by atoms with E-state index in [1.165, 1.54) is 12.4 Å². The molecule has 2 aliphatic carbocycles. The Morgan fingerprint density at radius 1 is 0.623 bits per heavy atom. The molecule has 0 radical (unpaired) electrons. The number of rotatable bonds is 18. The fraction of sp³-hybridized carbons (Fsp3) is 0.457. The van der Waals surface area contributed by atoms with Gasteiger partial charge in [-0.15, -0.1) is 0 Å². The van der Waals surface area contributed by atoms with Gasteiger partial charge in [-0.1, -0.05) is 73.2 Å². The van der Waals surface area contributed by atoms with Gasteiger partial charge in [0.2, 0.25) is 11.8 Å². The maximum Gasteiger partial charge on any atom is 0.303 e. The zero-order chi connectivity index (χ0) is 43.6. The fourth-order valence-corrected chi connectivity index (χ4v) is 7.48. The summed E-state index contributed by atoms with van der Waals surface area (Å²) in [5.74, 6) is -0.555. The number of aliphatic carboxylic acids is 1. The van der Waals surface area contributed by atoms with Crippen LogP contribution in [0, 0.1) is 0 Å². The third-order valence-electron chi connectivity index (χ3n) is 10.7. The van der Waals surface area contributed by atoms with Gasteiger partial charge in [-0.2, -0.15) is 0 Å². The highest BCUT2D eigenvalue weighted by Crippen LogP contribution is 2.32. The van der Waals surface area contributed by atoms with E-state index in [-0.39, 0.29) is 36.9 Å². The minimum Gasteiger partial charge on any atom is -0.481 e. The average Bonchev–Trinajstić information content (AvgIpc) is 3.26. The lowest BCUT2D eigenvalue weighted by atomic mass is 9.92. The number of unbranched alkanes of at least 4 members (excludes halogenated alkanes) is 3. The van der Waals surface area contributed by atoms with Gasteiger partial charge < -0.3 is 40.5 Å². The van der Waals surface area contributed by atoms with Crippen LogP contribution in [0.25, 0.3) is 22.3 Å². The predicted molar refractivity (Wildman–Crippen MR) is 234 cm³/mol. The fourth-order valence-electron chi connectivity index (χ4n) is 7.22. The smallest absolute Gasteiger partial charge is 0.303 e. The molecule has 2 saturated carbocycles. The molecule has 2 aliphatic rings. The van der Waals surface area contributed by atoms with E-state index in [1.807, 2.05) is 24.3 Å². The molecule has 2 heterocycles. The number of carbonyl (C=O) groups excluding carboxylic acids is 2. The van der Waals surface area contributed by atoms with E-state index < -0.39 is 18.2 Å². The monoisotopic (exact) mass is 878 g/mol. The molecule has 6 rings (SSSR count). The van der Waals surface area contributed by atoms with Gasteiger partial charge >= 0.3 is 5.97 Å². The van der Waals surface area contributed by atoms with Crippen molar-refractivity contribution in [2.75, 3.05) is 19.8 Å². The first kappa shape index (κ1) is 47.3. The first-order chi connectivity index (χ1) is 29.5. The summed E-state index contributed by atoms with van der Waals surface area (Å²) in [7, 11) is 0. The van der Waals surface area contributed by atoms with Gasteiger partial charge in [0.25, 0.3) is 11.8 Å². The van der Waals surface area contributed by atoms with Crippen molar-refractivity contribution in [3.8, 4) is 34.0 Å². The molecule has 6 N–H and O–H groups in total. The van der Waals surface area contributed by atoms with Crippen LogP contribution >= 0.6 is 23.2 Å². The molecule has 4 aromatic rings. The van der Waals surface area contributed by atoms with Crippen molar-refractivity contribution in [3.63, 3.8) is 0 Å². The number of benzene rings is 2. The van der Waals surface area contributed by atoms with Crippen LogP contribution in [-0.4, -0.2) is 92.3 Å². The van der Waals surface area contributed by atoms with Crippen molar-refractivity contribution < 1.29 is 44.3 Å². The SMILES string of the molecule is O=C(N[C@@H]1CCCC[C@H]1O)c1cnc(OCCCCCO)c(-c2ccc(Cl)cc2)c1.O=C(O)CCCCOc1ncc(C(=O)N[C@@H]2CCCC[C@H]2O)cc1-c1ccc(Cl)cc1. The van der Waals surface area contributed by atoms with Crippen LogP contribution in [0.1, 0.15) is 111 Å². The largest absolute Gasteiger partial charge is 0.481 e. The molecule has 2 aromatic heterocycles. The summed E-state index contributed by atoms with van der Waals surface area (Å²) in [5.41, 5.74) is 3.80. The Balaban J connectivity index is 0.000000231. The van der Waals surface area contributed by atoms with Crippen LogP contribution in [0.3, 0.4) is 0 Å².